The Labute approximate surface area is 187 Å². The zero-order valence-corrected chi connectivity index (χ0v) is 18.5. The minimum atomic E-state index is -4.02. The molecule has 2 aromatic carbocycles. The summed E-state index contributed by atoms with van der Waals surface area (Å²) in [4.78, 5) is 21.2. The van der Waals surface area contributed by atoms with E-state index in [-0.39, 0.29) is 35.7 Å². The van der Waals surface area contributed by atoms with Crippen molar-refractivity contribution in [2.24, 2.45) is 0 Å². The van der Waals surface area contributed by atoms with E-state index in [9.17, 15) is 26.4 Å². The Morgan fingerprint density at radius 3 is 2.55 bits per heavy atom. The molecule has 176 valence electrons. The molecule has 0 radical (unpaired) electrons. The number of anilines is 1. The number of ether oxygens (including phenoxy) is 2. The van der Waals surface area contributed by atoms with Crippen molar-refractivity contribution in [3.8, 4) is 5.88 Å². The number of nitrogens with zero attached hydrogens (tertiary/aromatic N) is 2. The number of aromatic nitrogens is 2. The molecular weight excluding hydrogens is 463 g/mol. The van der Waals surface area contributed by atoms with E-state index in [2.05, 4.69) is 9.97 Å². The molecule has 12 heteroatoms. The summed E-state index contributed by atoms with van der Waals surface area (Å²) in [6.45, 7) is 2.08. The molecule has 0 spiro atoms. The van der Waals surface area contributed by atoms with Crippen molar-refractivity contribution in [3.05, 3.63) is 59.0 Å². The molecule has 0 aliphatic heterocycles. The topological polar surface area (TPSA) is 107 Å². The van der Waals surface area contributed by atoms with Crippen LogP contribution >= 0.6 is 0 Å². The van der Waals surface area contributed by atoms with Crippen molar-refractivity contribution in [1.29, 1.82) is 0 Å². The lowest BCUT2D eigenvalue weighted by atomic mass is 10.0. The van der Waals surface area contributed by atoms with Crippen LogP contribution in [0.1, 0.15) is 29.3 Å². The zero-order chi connectivity index (χ0) is 24.2. The third kappa shape index (κ3) is 5.57. The highest BCUT2D eigenvalue weighted by molar-refractivity contribution is 7.92. The maximum atomic E-state index is 15.0. The summed E-state index contributed by atoms with van der Waals surface area (Å²) in [5.74, 6) is -6.27. The van der Waals surface area contributed by atoms with Crippen LogP contribution in [0, 0.1) is 17.5 Å². The Kier molecular flexibility index (Phi) is 7.49. The van der Waals surface area contributed by atoms with E-state index in [1.165, 1.54) is 31.5 Å². The minimum absolute atomic E-state index is 0.139. The quantitative estimate of drug-likeness (QED) is 0.267. The number of carbonyl (C=O) groups is 1. The second-order valence-corrected chi connectivity index (χ2v) is 8.75. The molecule has 3 aromatic rings. The highest BCUT2D eigenvalue weighted by Crippen LogP contribution is 2.28. The summed E-state index contributed by atoms with van der Waals surface area (Å²) in [5, 5.41) is 0. The van der Waals surface area contributed by atoms with E-state index >= 15 is 0 Å². The fraction of sp³-hybridized carbons (Fsp3) is 0.286. The first-order valence-corrected chi connectivity index (χ1v) is 11.4. The molecule has 3 rings (SSSR count). The molecule has 1 heterocycles. The molecule has 1 aromatic heterocycles. The number of fused-ring (bicyclic) bond motifs is 1. The van der Waals surface area contributed by atoms with Gasteiger partial charge in [-0.1, -0.05) is 6.92 Å². The van der Waals surface area contributed by atoms with Crippen LogP contribution in [0.3, 0.4) is 0 Å². The van der Waals surface area contributed by atoms with Crippen molar-refractivity contribution in [2.75, 3.05) is 30.8 Å². The van der Waals surface area contributed by atoms with Gasteiger partial charge in [0, 0.05) is 18.7 Å². The van der Waals surface area contributed by atoms with Crippen LogP contribution in [0.4, 0.5) is 18.9 Å². The van der Waals surface area contributed by atoms with Crippen molar-refractivity contribution < 1.29 is 35.9 Å². The van der Waals surface area contributed by atoms with E-state index in [0.29, 0.717) is 18.2 Å². The first-order chi connectivity index (χ1) is 15.7. The number of hydrogen-bond donors (Lipinski definition) is 1. The van der Waals surface area contributed by atoms with Crippen molar-refractivity contribution in [2.45, 2.75) is 13.3 Å². The van der Waals surface area contributed by atoms with Gasteiger partial charge in [0.25, 0.3) is 0 Å². The van der Waals surface area contributed by atoms with E-state index < -0.39 is 44.5 Å². The number of ketones is 1. The third-order valence-corrected chi connectivity index (χ3v) is 5.92. The van der Waals surface area contributed by atoms with Crippen LogP contribution < -0.4 is 9.46 Å². The van der Waals surface area contributed by atoms with E-state index in [0.717, 1.165) is 0 Å². The smallest absolute Gasteiger partial charge is 0.232 e. The van der Waals surface area contributed by atoms with Gasteiger partial charge in [-0.3, -0.25) is 9.52 Å². The molecule has 33 heavy (non-hydrogen) atoms. The third-order valence-electron chi connectivity index (χ3n) is 4.44. The lowest BCUT2D eigenvalue weighted by Gasteiger charge is -2.12. The van der Waals surface area contributed by atoms with E-state index in [4.69, 9.17) is 9.47 Å². The first kappa shape index (κ1) is 24.4. The summed E-state index contributed by atoms with van der Waals surface area (Å²) in [6, 6.07) is 4.21. The van der Waals surface area contributed by atoms with Gasteiger partial charge in [-0.15, -0.1) is 0 Å². The van der Waals surface area contributed by atoms with Crippen LogP contribution in [-0.2, 0) is 14.8 Å². The first-order valence-electron chi connectivity index (χ1n) is 9.78. The zero-order valence-electron chi connectivity index (χ0n) is 17.7. The van der Waals surface area contributed by atoms with Gasteiger partial charge >= 0.3 is 0 Å². The van der Waals surface area contributed by atoms with Gasteiger partial charge in [-0.25, -0.2) is 31.6 Å². The Hall–Kier alpha value is -3.25. The molecule has 0 fully saturated rings. The molecular formula is C21H20F3N3O5S. The molecule has 0 bridgehead atoms. The number of rotatable bonds is 10. The Morgan fingerprint density at radius 2 is 1.85 bits per heavy atom. The van der Waals surface area contributed by atoms with Crippen LogP contribution in [0.15, 0.2) is 30.5 Å². The molecule has 1 N–H and O–H groups in total. The largest absolute Gasteiger partial charge is 0.474 e. The predicted molar refractivity (Wildman–Crippen MR) is 114 cm³/mol. The summed E-state index contributed by atoms with van der Waals surface area (Å²) >= 11 is 0. The fourth-order valence-corrected chi connectivity index (χ4v) is 4.07. The van der Waals surface area contributed by atoms with Crippen LogP contribution in [0.2, 0.25) is 0 Å². The molecule has 8 nitrogen and oxygen atoms in total. The maximum Gasteiger partial charge on any atom is 0.232 e. The lowest BCUT2D eigenvalue weighted by Crippen LogP contribution is -2.19. The van der Waals surface area contributed by atoms with Gasteiger partial charge < -0.3 is 9.47 Å². The SMILES string of the molecule is CCCS(=O)(=O)Nc1cc(F)c(F)c(C(=O)c2ccc3ncc(OCCOC)nc3c2)c1F. The number of sulfonamides is 1. The van der Waals surface area contributed by atoms with Crippen LogP contribution in [0.25, 0.3) is 11.0 Å². The summed E-state index contributed by atoms with van der Waals surface area (Å²) < 4.78 is 79.5. The van der Waals surface area contributed by atoms with Gasteiger partial charge in [0.05, 0.1) is 40.8 Å². The second kappa shape index (κ2) is 10.1. The molecule has 0 saturated carbocycles. The number of benzene rings is 2. The Bertz CT molecular complexity index is 1300. The van der Waals surface area contributed by atoms with Gasteiger partial charge in [-0.2, -0.15) is 0 Å². The number of nitrogens with one attached hydrogen (secondary N) is 1. The number of hydrogen-bond acceptors (Lipinski definition) is 7. The highest BCUT2D eigenvalue weighted by atomic mass is 32.2. The Balaban J connectivity index is 2.01. The fourth-order valence-electron chi connectivity index (χ4n) is 2.94. The molecule has 0 unspecified atom stereocenters. The standard InChI is InChI=1S/C21H20F3N3O5S/c1-3-8-33(29,30)27-16-10-13(22)19(23)18(20(16)24)21(28)12-4-5-14-15(9-12)26-17(11-25-14)32-7-6-31-2/h4-5,9-11,27H,3,6-8H2,1-2H3. The normalized spacial score (nSPS) is 11.5. The van der Waals surface area contributed by atoms with Crippen molar-refractivity contribution >= 4 is 32.5 Å². The summed E-state index contributed by atoms with van der Waals surface area (Å²) in [5.41, 5.74) is -1.74. The van der Waals surface area contributed by atoms with Crippen LogP contribution in [-0.4, -0.2) is 50.2 Å². The minimum Gasteiger partial charge on any atom is -0.474 e. The number of methoxy groups -OCH3 is 1. The van der Waals surface area contributed by atoms with Gasteiger partial charge in [0.2, 0.25) is 15.9 Å². The van der Waals surface area contributed by atoms with E-state index in [1.807, 2.05) is 4.72 Å². The number of carbonyl (C=O) groups excluding carboxylic acids is 1. The highest BCUT2D eigenvalue weighted by Gasteiger charge is 2.27. The average Bonchev–Trinajstić information content (AvgIpc) is 2.77. The molecule has 0 atom stereocenters. The van der Waals surface area contributed by atoms with Crippen molar-refractivity contribution in [3.63, 3.8) is 0 Å². The second-order valence-electron chi connectivity index (χ2n) is 6.91. The van der Waals surface area contributed by atoms with Crippen molar-refractivity contribution in [1.82, 2.24) is 9.97 Å². The summed E-state index contributed by atoms with van der Waals surface area (Å²) in [6.07, 6.45) is 1.57. The molecule has 0 saturated heterocycles. The maximum absolute atomic E-state index is 15.0. The van der Waals surface area contributed by atoms with Gasteiger partial charge in [-0.05, 0) is 24.6 Å². The van der Waals surface area contributed by atoms with Gasteiger partial charge in [0.1, 0.15) is 6.61 Å². The van der Waals surface area contributed by atoms with E-state index in [1.54, 1.807) is 6.92 Å². The summed E-state index contributed by atoms with van der Waals surface area (Å²) in [7, 11) is -2.52. The number of halogens is 3. The molecule has 0 amide bonds. The Morgan fingerprint density at radius 1 is 1.09 bits per heavy atom. The monoisotopic (exact) mass is 483 g/mol. The molecule has 0 aliphatic carbocycles. The predicted octanol–water partition coefficient (Wildman–Crippen LogP) is 3.46. The average molecular weight is 483 g/mol. The van der Waals surface area contributed by atoms with Crippen LogP contribution in [0.5, 0.6) is 5.88 Å². The molecule has 0 aliphatic rings. The lowest BCUT2D eigenvalue weighted by molar-refractivity contribution is 0.103. The van der Waals surface area contributed by atoms with Gasteiger partial charge in [0.15, 0.2) is 23.2 Å².